The molecule has 0 N–H and O–H groups in total. The van der Waals surface area contributed by atoms with Crippen molar-refractivity contribution in [3.63, 3.8) is 0 Å². The van der Waals surface area contributed by atoms with Gasteiger partial charge >= 0.3 is 6.18 Å². The Labute approximate surface area is 77.5 Å². The van der Waals surface area contributed by atoms with E-state index in [-0.39, 0.29) is 0 Å². The van der Waals surface area contributed by atoms with E-state index in [1.54, 1.807) is 0 Å². The average Bonchev–Trinajstić information content (AvgIpc) is 1.91. The van der Waals surface area contributed by atoms with E-state index in [4.69, 9.17) is 0 Å². The molecule has 3 heteroatoms. The second kappa shape index (κ2) is 4.34. The highest BCUT2D eigenvalue weighted by atomic mass is 19.4. The molecule has 0 atom stereocenters. The van der Waals surface area contributed by atoms with E-state index >= 15 is 0 Å². The Morgan fingerprint density at radius 3 is 2.23 bits per heavy atom. The minimum Gasteiger partial charge on any atom is -0.171 e. The largest absolute Gasteiger partial charge is 0.391 e. The van der Waals surface area contributed by atoms with E-state index in [0.717, 1.165) is 25.7 Å². The van der Waals surface area contributed by atoms with Crippen molar-refractivity contribution in [2.75, 3.05) is 0 Å². The van der Waals surface area contributed by atoms with Gasteiger partial charge in [-0.1, -0.05) is 32.6 Å². The molecule has 0 bridgehead atoms. The van der Waals surface area contributed by atoms with Gasteiger partial charge in [-0.15, -0.1) is 0 Å². The fraction of sp³-hybridized carbons (Fsp3) is 1.00. The summed E-state index contributed by atoms with van der Waals surface area (Å²) >= 11 is 0. The molecule has 13 heavy (non-hydrogen) atoms. The maximum absolute atomic E-state index is 12.1. The van der Waals surface area contributed by atoms with Crippen molar-refractivity contribution >= 4 is 0 Å². The smallest absolute Gasteiger partial charge is 0.171 e. The number of rotatable bonds is 4. The van der Waals surface area contributed by atoms with Crippen LogP contribution in [0.2, 0.25) is 0 Å². The quantitative estimate of drug-likeness (QED) is 0.589. The van der Waals surface area contributed by atoms with Crippen LogP contribution in [0, 0.1) is 11.8 Å². The molecule has 78 valence electrons. The van der Waals surface area contributed by atoms with Crippen LogP contribution in [0.5, 0.6) is 0 Å². The lowest BCUT2D eigenvalue weighted by atomic mass is 9.72. The SMILES string of the molecule is CCCCCC1CC(C(F)(F)F)C1. The van der Waals surface area contributed by atoms with Gasteiger partial charge in [0.15, 0.2) is 0 Å². The van der Waals surface area contributed by atoms with E-state index in [0.29, 0.717) is 18.8 Å². The first-order valence-corrected chi connectivity index (χ1v) is 5.10. The zero-order valence-electron chi connectivity index (χ0n) is 8.03. The van der Waals surface area contributed by atoms with Crippen LogP contribution in [-0.2, 0) is 0 Å². The molecule has 0 aliphatic heterocycles. The van der Waals surface area contributed by atoms with E-state index in [1.165, 1.54) is 0 Å². The summed E-state index contributed by atoms with van der Waals surface area (Å²) in [5.74, 6) is -0.627. The topological polar surface area (TPSA) is 0 Å². The van der Waals surface area contributed by atoms with Crippen LogP contribution in [0.1, 0.15) is 45.4 Å². The molecule has 0 aromatic heterocycles. The monoisotopic (exact) mass is 194 g/mol. The van der Waals surface area contributed by atoms with Gasteiger partial charge in [0.25, 0.3) is 0 Å². The minimum atomic E-state index is -3.93. The van der Waals surface area contributed by atoms with Crippen LogP contribution in [0.25, 0.3) is 0 Å². The molecule has 0 unspecified atom stereocenters. The zero-order chi connectivity index (χ0) is 9.90. The fourth-order valence-electron chi connectivity index (χ4n) is 1.92. The first-order valence-electron chi connectivity index (χ1n) is 5.10. The Kier molecular flexibility index (Phi) is 3.63. The Morgan fingerprint density at radius 2 is 1.77 bits per heavy atom. The van der Waals surface area contributed by atoms with Crippen molar-refractivity contribution in [1.82, 2.24) is 0 Å². The van der Waals surface area contributed by atoms with E-state index in [9.17, 15) is 13.2 Å². The van der Waals surface area contributed by atoms with Crippen molar-refractivity contribution in [3.8, 4) is 0 Å². The zero-order valence-corrected chi connectivity index (χ0v) is 8.03. The minimum absolute atomic E-state index is 0.359. The van der Waals surface area contributed by atoms with E-state index in [1.807, 2.05) is 0 Å². The highest BCUT2D eigenvalue weighted by molar-refractivity contribution is 4.83. The van der Waals surface area contributed by atoms with Gasteiger partial charge in [0.2, 0.25) is 0 Å². The molecule has 0 spiro atoms. The van der Waals surface area contributed by atoms with Crippen LogP contribution in [0.4, 0.5) is 13.2 Å². The predicted octanol–water partition coefficient (Wildman–Crippen LogP) is 4.16. The summed E-state index contributed by atoms with van der Waals surface area (Å²) in [6, 6.07) is 0. The van der Waals surface area contributed by atoms with Gasteiger partial charge in [0.1, 0.15) is 0 Å². The molecule has 0 radical (unpaired) electrons. The molecule has 1 aliphatic carbocycles. The predicted molar refractivity (Wildman–Crippen MR) is 46.4 cm³/mol. The summed E-state index contributed by atoms with van der Waals surface area (Å²) < 4.78 is 36.2. The second-order valence-electron chi connectivity index (χ2n) is 4.07. The lowest BCUT2D eigenvalue weighted by Gasteiger charge is -2.36. The molecule has 0 saturated heterocycles. The van der Waals surface area contributed by atoms with Crippen molar-refractivity contribution in [2.24, 2.45) is 11.8 Å². The number of halogens is 3. The lowest BCUT2D eigenvalue weighted by Crippen LogP contribution is -2.35. The third-order valence-electron chi connectivity index (χ3n) is 2.91. The van der Waals surface area contributed by atoms with Gasteiger partial charge in [-0.05, 0) is 18.8 Å². The molecule has 0 aromatic rings. The van der Waals surface area contributed by atoms with Gasteiger partial charge in [-0.2, -0.15) is 13.2 Å². The third kappa shape index (κ3) is 3.20. The Hall–Kier alpha value is -0.210. The molecular weight excluding hydrogens is 177 g/mol. The molecule has 0 nitrogen and oxygen atoms in total. The Balaban J connectivity index is 2.05. The summed E-state index contributed by atoms with van der Waals surface area (Å²) in [6.07, 6.45) is 1.25. The Bertz CT molecular complexity index is 145. The maximum atomic E-state index is 12.1. The highest BCUT2D eigenvalue weighted by Crippen LogP contribution is 2.46. The van der Waals surface area contributed by atoms with Crippen LogP contribution < -0.4 is 0 Å². The van der Waals surface area contributed by atoms with E-state index < -0.39 is 12.1 Å². The maximum Gasteiger partial charge on any atom is 0.391 e. The van der Waals surface area contributed by atoms with Gasteiger partial charge in [-0.25, -0.2) is 0 Å². The number of hydrogen-bond acceptors (Lipinski definition) is 0. The standard InChI is InChI=1S/C10H17F3/c1-2-3-4-5-8-6-9(7-8)10(11,12)13/h8-9H,2-7H2,1H3. The summed E-state index contributed by atoms with van der Waals surface area (Å²) in [5, 5.41) is 0. The fourth-order valence-corrected chi connectivity index (χ4v) is 1.92. The molecule has 1 saturated carbocycles. The third-order valence-corrected chi connectivity index (χ3v) is 2.91. The van der Waals surface area contributed by atoms with E-state index in [2.05, 4.69) is 6.92 Å². The molecule has 1 aliphatic rings. The first-order chi connectivity index (χ1) is 6.04. The first kappa shape index (κ1) is 10.9. The van der Waals surface area contributed by atoms with Crippen molar-refractivity contribution in [1.29, 1.82) is 0 Å². The molecular formula is C10H17F3. The van der Waals surface area contributed by atoms with Crippen molar-refractivity contribution in [3.05, 3.63) is 0 Å². The average molecular weight is 194 g/mol. The highest BCUT2D eigenvalue weighted by Gasteiger charge is 2.47. The molecule has 0 aromatic carbocycles. The number of unbranched alkanes of at least 4 members (excludes halogenated alkanes) is 2. The summed E-state index contributed by atoms with van der Waals surface area (Å²) in [6.45, 7) is 2.11. The molecule has 0 amide bonds. The van der Waals surface area contributed by atoms with Gasteiger partial charge in [0.05, 0.1) is 5.92 Å². The van der Waals surface area contributed by atoms with Crippen LogP contribution in [0.15, 0.2) is 0 Å². The second-order valence-corrected chi connectivity index (χ2v) is 4.07. The summed E-state index contributed by atoms with van der Waals surface area (Å²) in [7, 11) is 0. The molecule has 0 heterocycles. The van der Waals surface area contributed by atoms with Crippen molar-refractivity contribution in [2.45, 2.75) is 51.6 Å². The number of alkyl halides is 3. The van der Waals surface area contributed by atoms with Gasteiger partial charge in [0, 0.05) is 0 Å². The van der Waals surface area contributed by atoms with Gasteiger partial charge < -0.3 is 0 Å². The summed E-state index contributed by atoms with van der Waals surface area (Å²) in [4.78, 5) is 0. The van der Waals surface area contributed by atoms with Crippen LogP contribution in [0.3, 0.4) is 0 Å². The van der Waals surface area contributed by atoms with Crippen LogP contribution >= 0.6 is 0 Å². The number of hydrogen-bond donors (Lipinski definition) is 0. The van der Waals surface area contributed by atoms with Crippen LogP contribution in [-0.4, -0.2) is 6.18 Å². The van der Waals surface area contributed by atoms with Crippen molar-refractivity contribution < 1.29 is 13.2 Å². The molecule has 1 fully saturated rings. The van der Waals surface area contributed by atoms with Gasteiger partial charge in [-0.3, -0.25) is 0 Å². The lowest BCUT2D eigenvalue weighted by molar-refractivity contribution is -0.205. The Morgan fingerprint density at radius 1 is 1.15 bits per heavy atom. The molecule has 1 rings (SSSR count). The summed E-state index contributed by atoms with van der Waals surface area (Å²) in [5.41, 5.74) is 0. The normalized spacial score (nSPS) is 28.6.